The SMILES string of the molecule is CCCCOC(=O)c1c(OC)ccc2ccccc12. The number of fused-ring (bicyclic) bond motifs is 1. The Morgan fingerprint density at radius 2 is 1.95 bits per heavy atom. The number of rotatable bonds is 5. The number of methoxy groups -OCH3 is 1. The lowest BCUT2D eigenvalue weighted by molar-refractivity contribution is 0.0498. The molecular formula is C16H18O3. The summed E-state index contributed by atoms with van der Waals surface area (Å²) in [4.78, 5) is 12.2. The van der Waals surface area contributed by atoms with Crippen LogP contribution in [0.4, 0.5) is 0 Å². The average molecular weight is 258 g/mol. The van der Waals surface area contributed by atoms with Gasteiger partial charge in [0, 0.05) is 0 Å². The maximum absolute atomic E-state index is 12.2. The molecule has 100 valence electrons. The van der Waals surface area contributed by atoms with E-state index >= 15 is 0 Å². The number of carbonyl (C=O) groups excluding carboxylic acids is 1. The van der Waals surface area contributed by atoms with E-state index in [1.54, 1.807) is 13.2 Å². The van der Waals surface area contributed by atoms with Gasteiger partial charge in [-0.3, -0.25) is 0 Å². The van der Waals surface area contributed by atoms with Crippen molar-refractivity contribution in [3.63, 3.8) is 0 Å². The Bertz CT molecular complexity index is 575. The summed E-state index contributed by atoms with van der Waals surface area (Å²) >= 11 is 0. The summed E-state index contributed by atoms with van der Waals surface area (Å²) in [6.45, 7) is 2.51. The maximum atomic E-state index is 12.2. The van der Waals surface area contributed by atoms with Crippen LogP contribution in [0.1, 0.15) is 30.1 Å². The standard InChI is InChI=1S/C16H18O3/c1-3-4-11-19-16(17)15-13-8-6-5-7-12(13)9-10-14(15)18-2/h5-10H,3-4,11H2,1-2H3. The van der Waals surface area contributed by atoms with Crippen LogP contribution in [0, 0.1) is 0 Å². The number of hydrogen-bond acceptors (Lipinski definition) is 3. The van der Waals surface area contributed by atoms with Gasteiger partial charge in [0.2, 0.25) is 0 Å². The van der Waals surface area contributed by atoms with Crippen molar-refractivity contribution >= 4 is 16.7 Å². The van der Waals surface area contributed by atoms with Crippen molar-refractivity contribution in [2.45, 2.75) is 19.8 Å². The number of unbranched alkanes of at least 4 members (excludes halogenated alkanes) is 1. The lowest BCUT2D eigenvalue weighted by Gasteiger charge is -2.11. The minimum atomic E-state index is -0.318. The first-order valence-corrected chi connectivity index (χ1v) is 6.50. The largest absolute Gasteiger partial charge is 0.496 e. The van der Waals surface area contributed by atoms with Gasteiger partial charge in [-0.25, -0.2) is 4.79 Å². The van der Waals surface area contributed by atoms with Crippen LogP contribution < -0.4 is 4.74 Å². The van der Waals surface area contributed by atoms with Crippen molar-refractivity contribution < 1.29 is 14.3 Å². The van der Waals surface area contributed by atoms with Crippen LogP contribution in [0.25, 0.3) is 10.8 Å². The van der Waals surface area contributed by atoms with Crippen molar-refractivity contribution in [2.24, 2.45) is 0 Å². The van der Waals surface area contributed by atoms with Gasteiger partial charge in [0.05, 0.1) is 13.7 Å². The van der Waals surface area contributed by atoms with Crippen molar-refractivity contribution in [3.05, 3.63) is 42.0 Å². The second-order valence-corrected chi connectivity index (χ2v) is 4.35. The van der Waals surface area contributed by atoms with E-state index in [4.69, 9.17) is 9.47 Å². The minimum absolute atomic E-state index is 0.318. The molecule has 0 unspecified atom stereocenters. The molecule has 0 saturated heterocycles. The van der Waals surface area contributed by atoms with Gasteiger partial charge in [-0.1, -0.05) is 43.7 Å². The van der Waals surface area contributed by atoms with Crippen LogP contribution in [0.5, 0.6) is 5.75 Å². The van der Waals surface area contributed by atoms with Crippen molar-refractivity contribution in [1.29, 1.82) is 0 Å². The van der Waals surface area contributed by atoms with Crippen molar-refractivity contribution in [2.75, 3.05) is 13.7 Å². The van der Waals surface area contributed by atoms with E-state index in [0.717, 1.165) is 23.6 Å². The van der Waals surface area contributed by atoms with E-state index in [-0.39, 0.29) is 5.97 Å². The van der Waals surface area contributed by atoms with E-state index in [0.29, 0.717) is 17.9 Å². The van der Waals surface area contributed by atoms with Crippen LogP contribution in [0.3, 0.4) is 0 Å². The fourth-order valence-electron chi connectivity index (χ4n) is 2.01. The van der Waals surface area contributed by atoms with Gasteiger partial charge in [-0.15, -0.1) is 0 Å². The molecule has 19 heavy (non-hydrogen) atoms. The van der Waals surface area contributed by atoms with E-state index in [2.05, 4.69) is 6.92 Å². The van der Waals surface area contributed by atoms with Gasteiger partial charge < -0.3 is 9.47 Å². The third-order valence-electron chi connectivity index (χ3n) is 3.05. The van der Waals surface area contributed by atoms with Crippen LogP contribution in [0.2, 0.25) is 0 Å². The molecule has 0 spiro atoms. The Labute approximate surface area is 113 Å². The zero-order valence-corrected chi connectivity index (χ0v) is 11.3. The molecule has 2 aromatic carbocycles. The molecule has 0 aliphatic heterocycles. The van der Waals surface area contributed by atoms with Gasteiger partial charge >= 0.3 is 5.97 Å². The van der Waals surface area contributed by atoms with E-state index < -0.39 is 0 Å². The highest BCUT2D eigenvalue weighted by molar-refractivity contribution is 6.07. The Hall–Kier alpha value is -2.03. The number of ether oxygens (including phenoxy) is 2. The number of benzene rings is 2. The first kappa shape index (κ1) is 13.4. The predicted octanol–water partition coefficient (Wildman–Crippen LogP) is 3.81. The molecule has 0 saturated carbocycles. The molecule has 3 heteroatoms. The molecule has 0 aliphatic rings. The molecule has 0 N–H and O–H groups in total. The van der Waals surface area contributed by atoms with E-state index in [9.17, 15) is 4.79 Å². The zero-order chi connectivity index (χ0) is 13.7. The van der Waals surface area contributed by atoms with Crippen LogP contribution in [-0.2, 0) is 4.74 Å². The first-order chi connectivity index (χ1) is 9.27. The average Bonchev–Trinajstić information content (AvgIpc) is 2.46. The molecule has 0 aliphatic carbocycles. The molecule has 2 aromatic rings. The van der Waals surface area contributed by atoms with Gasteiger partial charge in [-0.05, 0) is 23.3 Å². The molecule has 3 nitrogen and oxygen atoms in total. The lowest BCUT2D eigenvalue weighted by Crippen LogP contribution is -2.08. The fourth-order valence-corrected chi connectivity index (χ4v) is 2.01. The minimum Gasteiger partial charge on any atom is -0.496 e. The second kappa shape index (κ2) is 6.23. The Morgan fingerprint density at radius 1 is 1.16 bits per heavy atom. The second-order valence-electron chi connectivity index (χ2n) is 4.35. The molecule has 0 amide bonds. The first-order valence-electron chi connectivity index (χ1n) is 6.50. The van der Waals surface area contributed by atoms with Crippen molar-refractivity contribution in [1.82, 2.24) is 0 Å². The highest BCUT2D eigenvalue weighted by Crippen LogP contribution is 2.28. The quantitative estimate of drug-likeness (QED) is 0.604. The highest BCUT2D eigenvalue weighted by atomic mass is 16.5. The molecule has 0 aromatic heterocycles. The van der Waals surface area contributed by atoms with Crippen LogP contribution in [-0.4, -0.2) is 19.7 Å². The van der Waals surface area contributed by atoms with Crippen molar-refractivity contribution in [3.8, 4) is 5.75 Å². The normalized spacial score (nSPS) is 10.4. The fraction of sp³-hybridized carbons (Fsp3) is 0.312. The van der Waals surface area contributed by atoms with Crippen LogP contribution >= 0.6 is 0 Å². The van der Waals surface area contributed by atoms with E-state index in [1.165, 1.54) is 0 Å². The molecule has 0 atom stereocenters. The summed E-state index contributed by atoms with van der Waals surface area (Å²) in [6, 6.07) is 11.5. The Kier molecular flexibility index (Phi) is 4.39. The zero-order valence-electron chi connectivity index (χ0n) is 11.3. The van der Waals surface area contributed by atoms with Gasteiger partial charge in [0.15, 0.2) is 0 Å². The predicted molar refractivity (Wildman–Crippen MR) is 75.7 cm³/mol. The molecule has 0 bridgehead atoms. The highest BCUT2D eigenvalue weighted by Gasteiger charge is 2.17. The van der Waals surface area contributed by atoms with Gasteiger partial charge in [-0.2, -0.15) is 0 Å². The van der Waals surface area contributed by atoms with Crippen LogP contribution in [0.15, 0.2) is 36.4 Å². The Morgan fingerprint density at radius 3 is 2.68 bits per heavy atom. The van der Waals surface area contributed by atoms with Gasteiger partial charge in [0.1, 0.15) is 11.3 Å². The summed E-state index contributed by atoms with van der Waals surface area (Å²) in [5, 5.41) is 1.87. The molecule has 0 radical (unpaired) electrons. The third-order valence-corrected chi connectivity index (χ3v) is 3.05. The number of carbonyl (C=O) groups is 1. The lowest BCUT2D eigenvalue weighted by atomic mass is 10.0. The molecule has 2 rings (SSSR count). The number of esters is 1. The summed E-state index contributed by atoms with van der Waals surface area (Å²) < 4.78 is 10.6. The summed E-state index contributed by atoms with van der Waals surface area (Å²) in [5.41, 5.74) is 0.511. The topological polar surface area (TPSA) is 35.5 Å². The monoisotopic (exact) mass is 258 g/mol. The summed E-state index contributed by atoms with van der Waals surface area (Å²) in [6.07, 6.45) is 1.87. The van der Waals surface area contributed by atoms with Gasteiger partial charge in [0.25, 0.3) is 0 Å². The van der Waals surface area contributed by atoms with E-state index in [1.807, 2.05) is 30.3 Å². The Balaban J connectivity index is 2.41. The summed E-state index contributed by atoms with van der Waals surface area (Å²) in [5.74, 6) is 0.238. The number of hydrogen-bond donors (Lipinski definition) is 0. The molecular weight excluding hydrogens is 240 g/mol. The summed E-state index contributed by atoms with van der Waals surface area (Å²) in [7, 11) is 1.56. The third kappa shape index (κ3) is 2.87. The smallest absolute Gasteiger partial charge is 0.342 e. The molecule has 0 heterocycles. The maximum Gasteiger partial charge on any atom is 0.342 e. The molecule has 0 fully saturated rings.